The van der Waals surface area contributed by atoms with E-state index in [1.165, 1.54) is 20.8 Å². The standard InChI is InChI=1S/C60H99N15O17S2/c1-6-48(80)65-27-17-12-22-44(71-49(81)7-2)60(92)73-42(56(62)88)20-10-16-29-67-51(83)35-93-33-45(70-39(5)78)47(79)32-40(18-8-13-28-66-50(82)25-31-75-53(85)23-24-54(75)86)58(90)74-46(57(63)89)34-94-36-52(84)68-30-15-9-19-41(55(61)87)72-59(91)43(69-38(4)77)21-11-14-26-64-37(3)76/h23-24,40-46H,6-22,25-36H2,1-5H3,(H2,61,87)(H2,62,88)(H2,63,89)(H,64,76)(H,65,80)(H,66,82)(H,67,83)(H,68,84)(H,69,77)(H,70,78)(H,71,81)(H,72,91)(H,73,92)(H,74,90). The van der Waals surface area contributed by atoms with E-state index in [1.807, 2.05) is 0 Å². The summed E-state index contributed by atoms with van der Waals surface area (Å²) in [5, 5.41) is 29.1. The van der Waals surface area contributed by atoms with Gasteiger partial charge in [0.05, 0.1) is 17.5 Å². The molecule has 0 spiro atoms. The largest absolute Gasteiger partial charge is 0.368 e. The average molecular weight is 1370 g/mol. The minimum Gasteiger partial charge on any atom is -0.368 e. The van der Waals surface area contributed by atoms with Gasteiger partial charge in [-0.3, -0.25) is 86.4 Å². The molecule has 0 aromatic rings. The molecule has 1 heterocycles. The van der Waals surface area contributed by atoms with Crippen LogP contribution in [0, 0.1) is 5.92 Å². The Morgan fingerprint density at radius 1 is 0.404 bits per heavy atom. The van der Waals surface area contributed by atoms with Gasteiger partial charge in [-0.1, -0.05) is 20.3 Å². The summed E-state index contributed by atoms with van der Waals surface area (Å²) in [6, 6.07) is -6.53. The van der Waals surface area contributed by atoms with Crippen molar-refractivity contribution in [2.24, 2.45) is 23.1 Å². The Hall–Kier alpha value is -8.17. The number of carbonyl (C=O) groups excluding carboxylic acids is 17. The predicted molar refractivity (Wildman–Crippen MR) is 349 cm³/mol. The number of nitrogens with one attached hydrogen (secondary N) is 11. The summed E-state index contributed by atoms with van der Waals surface area (Å²) < 4.78 is 0. The predicted octanol–water partition coefficient (Wildman–Crippen LogP) is -2.98. The van der Waals surface area contributed by atoms with Gasteiger partial charge in [-0.2, -0.15) is 0 Å². The summed E-state index contributed by atoms with van der Waals surface area (Å²) in [7, 11) is 0. The highest BCUT2D eigenvalue weighted by Crippen LogP contribution is 2.18. The smallest absolute Gasteiger partial charge is 0.253 e. The third kappa shape index (κ3) is 38.7. The number of Topliss-reactive ketones (excluding diaryl/α,β-unsaturated/α-hetero) is 1. The van der Waals surface area contributed by atoms with Gasteiger partial charge in [-0.05, 0) is 89.9 Å². The highest BCUT2D eigenvalue weighted by Gasteiger charge is 2.31. The van der Waals surface area contributed by atoms with Gasteiger partial charge >= 0.3 is 0 Å². The van der Waals surface area contributed by atoms with E-state index in [9.17, 15) is 81.5 Å². The van der Waals surface area contributed by atoms with Crippen molar-refractivity contribution in [1.29, 1.82) is 0 Å². The van der Waals surface area contributed by atoms with Gasteiger partial charge in [-0.25, -0.2) is 0 Å². The van der Waals surface area contributed by atoms with Crippen molar-refractivity contribution in [1.82, 2.24) is 63.4 Å². The van der Waals surface area contributed by atoms with Crippen LogP contribution in [-0.4, -0.2) is 204 Å². The highest BCUT2D eigenvalue weighted by molar-refractivity contribution is 8.00. The number of carbonyl (C=O) groups is 17. The summed E-state index contributed by atoms with van der Waals surface area (Å²) in [6.07, 6.45) is 6.90. The Morgan fingerprint density at radius 2 is 0.777 bits per heavy atom. The van der Waals surface area contributed by atoms with Gasteiger partial charge in [0.15, 0.2) is 5.78 Å². The fraction of sp³-hybridized carbons (Fsp3) is 0.683. The molecule has 1 aliphatic rings. The van der Waals surface area contributed by atoms with Crippen LogP contribution in [0.1, 0.15) is 157 Å². The Labute approximate surface area is 556 Å². The fourth-order valence-corrected chi connectivity index (χ4v) is 11.0. The maximum atomic E-state index is 14.0. The molecule has 528 valence electrons. The van der Waals surface area contributed by atoms with Gasteiger partial charge in [0.25, 0.3) is 11.8 Å². The molecule has 1 rings (SSSR count). The van der Waals surface area contributed by atoms with Crippen LogP contribution in [0.5, 0.6) is 0 Å². The maximum absolute atomic E-state index is 14.0. The first-order chi connectivity index (χ1) is 44.6. The molecule has 0 aromatic carbocycles. The first kappa shape index (κ1) is 83.8. The van der Waals surface area contributed by atoms with E-state index < -0.39 is 131 Å². The van der Waals surface area contributed by atoms with Crippen molar-refractivity contribution in [2.45, 2.75) is 193 Å². The van der Waals surface area contributed by atoms with Crippen molar-refractivity contribution in [3.63, 3.8) is 0 Å². The summed E-state index contributed by atoms with van der Waals surface area (Å²) in [5.41, 5.74) is 16.9. The van der Waals surface area contributed by atoms with Gasteiger partial charge in [0.1, 0.15) is 30.2 Å². The molecule has 32 nitrogen and oxygen atoms in total. The van der Waals surface area contributed by atoms with Gasteiger partial charge in [0.2, 0.25) is 82.7 Å². The van der Waals surface area contributed by atoms with Crippen LogP contribution in [-0.2, 0) is 81.5 Å². The van der Waals surface area contributed by atoms with Crippen LogP contribution in [0.15, 0.2) is 12.2 Å². The molecule has 16 amide bonds. The van der Waals surface area contributed by atoms with Crippen LogP contribution in [0.25, 0.3) is 0 Å². The molecule has 34 heteroatoms. The molecular formula is C60H99N15O17S2. The maximum Gasteiger partial charge on any atom is 0.253 e. The van der Waals surface area contributed by atoms with Gasteiger partial charge in [0, 0.05) is 115 Å². The quantitative estimate of drug-likeness (QED) is 0.0213. The summed E-state index contributed by atoms with van der Waals surface area (Å²) in [5.74, 6) is -10.9. The van der Waals surface area contributed by atoms with Gasteiger partial charge < -0.3 is 75.7 Å². The summed E-state index contributed by atoms with van der Waals surface area (Å²) >= 11 is 1.99. The number of primary amides is 3. The van der Waals surface area contributed by atoms with E-state index in [4.69, 9.17) is 17.2 Å². The SMILES string of the molecule is CCC(=O)NCCCCC(NC(=O)CC)C(=O)NC(CCCCNC(=O)CSCC(NC(C)=O)C(=O)CC(CCCCNC(=O)CCN1C(=O)C=CC1=O)C(=O)NC(CSCC(=O)NCCCCC(NC(=O)C(CCCCNC(C)=O)NC(C)=O)C(N)=O)C(N)=O)C(N)=O. The Kier molecular flexibility index (Phi) is 43.3. The van der Waals surface area contributed by atoms with Crippen molar-refractivity contribution < 1.29 is 81.5 Å². The zero-order valence-electron chi connectivity index (χ0n) is 54.6. The van der Waals surface area contributed by atoms with Crippen LogP contribution in [0.3, 0.4) is 0 Å². The molecule has 0 bridgehead atoms. The number of hydrogen-bond donors (Lipinski definition) is 14. The van der Waals surface area contributed by atoms with Crippen LogP contribution in [0.4, 0.5) is 0 Å². The van der Waals surface area contributed by atoms with Crippen LogP contribution >= 0.6 is 23.5 Å². The number of thioether (sulfide) groups is 2. The first-order valence-corrected chi connectivity index (χ1v) is 34.0. The number of nitrogens with two attached hydrogens (primary N) is 3. The molecule has 0 saturated heterocycles. The first-order valence-electron chi connectivity index (χ1n) is 31.7. The van der Waals surface area contributed by atoms with Crippen LogP contribution in [0.2, 0.25) is 0 Å². The molecule has 0 saturated carbocycles. The molecule has 1 aliphatic heterocycles. The lowest BCUT2D eigenvalue weighted by Crippen LogP contribution is -2.52. The molecule has 0 aliphatic carbocycles. The minimum atomic E-state index is -1.32. The number of unbranched alkanes of at least 4 members (excludes halogenated alkanes) is 5. The molecule has 0 fully saturated rings. The third-order valence-electron chi connectivity index (χ3n) is 14.4. The van der Waals surface area contributed by atoms with E-state index in [0.717, 1.165) is 40.6 Å². The van der Waals surface area contributed by atoms with Crippen molar-refractivity contribution >= 4 is 124 Å². The Balaban J connectivity index is 2.93. The van der Waals surface area contributed by atoms with Crippen LogP contribution < -0.4 is 75.7 Å². The topological polar surface area (TPSA) is 504 Å². The molecule has 7 unspecified atom stereocenters. The second kappa shape index (κ2) is 48.5. The van der Waals surface area contributed by atoms with Crippen molar-refractivity contribution in [2.75, 3.05) is 62.3 Å². The van der Waals surface area contributed by atoms with E-state index in [0.29, 0.717) is 77.3 Å². The number of amides is 16. The lowest BCUT2D eigenvalue weighted by Gasteiger charge is -2.23. The molecule has 7 atom stereocenters. The zero-order valence-corrected chi connectivity index (χ0v) is 56.3. The van der Waals surface area contributed by atoms with E-state index in [1.54, 1.807) is 13.8 Å². The lowest BCUT2D eigenvalue weighted by molar-refractivity contribution is -0.137. The number of hydrogen-bond acceptors (Lipinski definition) is 19. The Bertz CT molecular complexity index is 2610. The molecule has 17 N–H and O–H groups in total. The molecular weight excluding hydrogens is 1270 g/mol. The van der Waals surface area contributed by atoms with E-state index >= 15 is 0 Å². The summed E-state index contributed by atoms with van der Waals surface area (Å²) in [4.78, 5) is 214. The van der Waals surface area contributed by atoms with E-state index in [2.05, 4.69) is 58.5 Å². The van der Waals surface area contributed by atoms with Gasteiger partial charge in [-0.15, -0.1) is 23.5 Å². The monoisotopic (exact) mass is 1370 g/mol. The molecule has 94 heavy (non-hydrogen) atoms. The highest BCUT2D eigenvalue weighted by atomic mass is 32.2. The fourth-order valence-electron chi connectivity index (χ4n) is 9.16. The Morgan fingerprint density at radius 3 is 1.20 bits per heavy atom. The number of rotatable bonds is 53. The van der Waals surface area contributed by atoms with Crippen molar-refractivity contribution in [3.05, 3.63) is 12.2 Å². The number of nitrogens with zero attached hydrogens (tertiary/aromatic N) is 1. The average Bonchev–Trinajstić information content (AvgIpc) is 1.53. The normalized spacial score (nSPS) is 13.9. The third-order valence-corrected chi connectivity index (χ3v) is 16.4. The number of imide groups is 1. The molecule has 0 aromatic heterocycles. The van der Waals surface area contributed by atoms with Crippen molar-refractivity contribution in [3.8, 4) is 0 Å². The van der Waals surface area contributed by atoms with E-state index in [-0.39, 0.29) is 118 Å². The molecule has 0 radical (unpaired) electrons. The summed E-state index contributed by atoms with van der Waals surface area (Å²) in [6.45, 7) is 8.25. The zero-order chi connectivity index (χ0) is 70.5. The lowest BCUT2D eigenvalue weighted by atomic mass is 9.92. The second-order valence-corrected chi connectivity index (χ2v) is 24.5. The second-order valence-electron chi connectivity index (χ2n) is 22.4. The minimum absolute atomic E-state index is 0.0397. The number of ketones is 1.